The molecule has 0 saturated heterocycles. The zero-order valence-electron chi connectivity index (χ0n) is 24.5. The molecule has 0 aliphatic heterocycles. The Labute approximate surface area is 234 Å². The highest BCUT2D eigenvalue weighted by atomic mass is 16.5. The van der Waals surface area contributed by atoms with Gasteiger partial charge in [0.15, 0.2) is 0 Å². The van der Waals surface area contributed by atoms with Crippen LogP contribution in [-0.4, -0.2) is 40.6 Å². The smallest absolute Gasteiger partial charge is 0.266 e. The highest BCUT2D eigenvalue weighted by Crippen LogP contribution is 2.25. The lowest BCUT2D eigenvalue weighted by Gasteiger charge is -2.31. The maximum Gasteiger partial charge on any atom is 0.266 e. The molecular weight excluding hydrogens is 486 g/mol. The van der Waals surface area contributed by atoms with Gasteiger partial charge >= 0.3 is 0 Å². The number of aromatic nitrogens is 2. The van der Waals surface area contributed by atoms with Gasteiger partial charge in [0.2, 0.25) is 5.91 Å². The van der Waals surface area contributed by atoms with Gasteiger partial charge in [0, 0.05) is 26.7 Å². The third kappa shape index (κ3) is 8.76. The Balaban J connectivity index is 1.81. The van der Waals surface area contributed by atoms with E-state index in [1.54, 1.807) is 11.7 Å². The van der Waals surface area contributed by atoms with Gasteiger partial charge < -0.3 is 9.64 Å². The molecule has 39 heavy (non-hydrogen) atoms. The Kier molecular flexibility index (Phi) is 12.7. The minimum Gasteiger partial charge on any atom is -0.385 e. The molecule has 6 nitrogen and oxygen atoms in total. The Bertz CT molecular complexity index is 1220. The van der Waals surface area contributed by atoms with Gasteiger partial charge in [-0.2, -0.15) is 0 Å². The molecule has 1 aromatic heterocycles. The summed E-state index contributed by atoms with van der Waals surface area (Å²) in [5.41, 5.74) is 2.41. The molecule has 1 atom stereocenters. The van der Waals surface area contributed by atoms with E-state index < -0.39 is 0 Å². The zero-order valence-corrected chi connectivity index (χ0v) is 24.5. The van der Waals surface area contributed by atoms with Crippen molar-refractivity contribution in [2.24, 2.45) is 0 Å². The summed E-state index contributed by atoms with van der Waals surface area (Å²) in [6.45, 7) is 7.39. The molecule has 0 aliphatic carbocycles. The molecule has 1 unspecified atom stereocenters. The number of hydrogen-bond acceptors (Lipinski definition) is 4. The van der Waals surface area contributed by atoms with E-state index in [-0.39, 0.29) is 17.5 Å². The van der Waals surface area contributed by atoms with Gasteiger partial charge in [0.05, 0.1) is 22.6 Å². The fourth-order valence-corrected chi connectivity index (χ4v) is 5.16. The van der Waals surface area contributed by atoms with Gasteiger partial charge in [0.1, 0.15) is 5.82 Å². The van der Waals surface area contributed by atoms with E-state index in [4.69, 9.17) is 9.72 Å². The second-order valence-electron chi connectivity index (χ2n) is 10.7. The SMILES string of the molecule is CCCCCCCCCCCC(=O)N(CCCOC)C(C)c1nc2ccccc2c(=O)n1-c1ccc(C)cc1. The molecule has 0 bridgehead atoms. The molecule has 2 aromatic carbocycles. The molecule has 6 heteroatoms. The van der Waals surface area contributed by atoms with Crippen molar-refractivity contribution in [1.29, 1.82) is 0 Å². The van der Waals surface area contributed by atoms with E-state index in [0.29, 0.717) is 36.3 Å². The summed E-state index contributed by atoms with van der Waals surface area (Å²) < 4.78 is 6.97. The number of aryl methyl sites for hydroxylation is 1. The van der Waals surface area contributed by atoms with Gasteiger partial charge in [-0.3, -0.25) is 14.2 Å². The van der Waals surface area contributed by atoms with E-state index in [1.165, 1.54) is 44.9 Å². The summed E-state index contributed by atoms with van der Waals surface area (Å²) in [4.78, 5) is 34.2. The Morgan fingerprint density at radius 2 is 1.56 bits per heavy atom. The molecule has 0 radical (unpaired) electrons. The molecular formula is C33H47N3O3. The van der Waals surface area contributed by atoms with Crippen molar-refractivity contribution in [1.82, 2.24) is 14.5 Å². The van der Waals surface area contributed by atoms with E-state index in [2.05, 4.69) is 6.92 Å². The van der Waals surface area contributed by atoms with Crippen molar-refractivity contribution in [3.63, 3.8) is 0 Å². The van der Waals surface area contributed by atoms with Crippen LogP contribution >= 0.6 is 0 Å². The van der Waals surface area contributed by atoms with Gasteiger partial charge in [-0.1, -0.05) is 88.1 Å². The number of carbonyl (C=O) groups is 1. The minimum absolute atomic E-state index is 0.111. The maximum absolute atomic E-state index is 13.7. The standard InChI is InChI=1S/C33H47N3O3/c1-5-6-7-8-9-10-11-12-13-19-31(37)35(24-16-25-39-4)27(3)32-34-30-18-15-14-17-29(30)33(38)36(32)28-22-20-26(2)21-23-28/h14-15,17-18,20-23,27H,5-13,16,19,24-25H2,1-4H3. The van der Waals surface area contributed by atoms with Gasteiger partial charge in [-0.05, 0) is 51.0 Å². The van der Waals surface area contributed by atoms with E-state index in [1.807, 2.05) is 67.3 Å². The number of benzene rings is 2. The predicted molar refractivity (Wildman–Crippen MR) is 161 cm³/mol. The summed E-state index contributed by atoms with van der Waals surface area (Å²) in [6.07, 6.45) is 12.2. The fraction of sp³-hybridized carbons (Fsp3) is 0.545. The number of methoxy groups -OCH3 is 1. The second kappa shape index (κ2) is 16.2. The highest BCUT2D eigenvalue weighted by Gasteiger charge is 2.26. The fourth-order valence-electron chi connectivity index (χ4n) is 5.16. The van der Waals surface area contributed by atoms with Gasteiger partial charge in [-0.25, -0.2) is 4.98 Å². The first kappa shape index (κ1) is 30.6. The van der Waals surface area contributed by atoms with Crippen molar-refractivity contribution in [3.05, 3.63) is 70.3 Å². The number of carbonyl (C=O) groups excluding carboxylic acids is 1. The first-order chi connectivity index (χ1) is 19.0. The Hall–Kier alpha value is -2.99. The number of unbranched alkanes of at least 4 members (excludes halogenated alkanes) is 8. The average molecular weight is 534 g/mol. The van der Waals surface area contributed by atoms with Crippen molar-refractivity contribution in [3.8, 4) is 5.69 Å². The van der Waals surface area contributed by atoms with Crippen LogP contribution in [-0.2, 0) is 9.53 Å². The Morgan fingerprint density at radius 1 is 0.923 bits per heavy atom. The quantitative estimate of drug-likeness (QED) is 0.168. The Morgan fingerprint density at radius 3 is 2.23 bits per heavy atom. The third-order valence-corrected chi connectivity index (χ3v) is 7.50. The number of rotatable bonds is 17. The molecule has 1 heterocycles. The van der Waals surface area contributed by atoms with E-state index in [0.717, 1.165) is 30.5 Å². The second-order valence-corrected chi connectivity index (χ2v) is 10.7. The number of ether oxygens (including phenoxy) is 1. The van der Waals surface area contributed by atoms with Crippen LogP contribution < -0.4 is 5.56 Å². The lowest BCUT2D eigenvalue weighted by Crippen LogP contribution is -2.38. The van der Waals surface area contributed by atoms with Crippen LogP contribution in [0.4, 0.5) is 0 Å². The van der Waals surface area contributed by atoms with Crippen LogP contribution in [0.5, 0.6) is 0 Å². The largest absolute Gasteiger partial charge is 0.385 e. The van der Waals surface area contributed by atoms with Crippen molar-refractivity contribution in [2.75, 3.05) is 20.3 Å². The number of hydrogen-bond donors (Lipinski definition) is 0. The number of nitrogens with zero attached hydrogens (tertiary/aromatic N) is 3. The molecule has 0 N–H and O–H groups in total. The average Bonchev–Trinajstić information content (AvgIpc) is 2.94. The molecule has 3 rings (SSSR count). The molecule has 0 fully saturated rings. The summed E-state index contributed by atoms with van der Waals surface area (Å²) in [7, 11) is 1.68. The number of para-hydroxylation sites is 1. The monoisotopic (exact) mass is 533 g/mol. The summed E-state index contributed by atoms with van der Waals surface area (Å²) >= 11 is 0. The first-order valence-corrected chi connectivity index (χ1v) is 14.8. The minimum atomic E-state index is -0.369. The van der Waals surface area contributed by atoms with Crippen molar-refractivity contribution in [2.45, 2.75) is 97.4 Å². The number of fused-ring (bicyclic) bond motifs is 1. The van der Waals surface area contributed by atoms with Crippen LogP contribution in [0.3, 0.4) is 0 Å². The zero-order chi connectivity index (χ0) is 28.0. The van der Waals surface area contributed by atoms with Crippen LogP contribution in [0.15, 0.2) is 53.3 Å². The molecule has 1 amide bonds. The van der Waals surface area contributed by atoms with Crippen LogP contribution in [0.2, 0.25) is 0 Å². The predicted octanol–water partition coefficient (Wildman–Crippen LogP) is 7.54. The van der Waals surface area contributed by atoms with Gasteiger partial charge in [0.25, 0.3) is 5.56 Å². The topological polar surface area (TPSA) is 64.4 Å². The van der Waals surface area contributed by atoms with Crippen LogP contribution in [0.25, 0.3) is 16.6 Å². The lowest BCUT2D eigenvalue weighted by atomic mass is 10.1. The molecule has 0 aliphatic rings. The van der Waals surface area contributed by atoms with E-state index >= 15 is 0 Å². The number of amides is 1. The van der Waals surface area contributed by atoms with Gasteiger partial charge in [-0.15, -0.1) is 0 Å². The first-order valence-electron chi connectivity index (χ1n) is 14.8. The van der Waals surface area contributed by atoms with E-state index in [9.17, 15) is 9.59 Å². The maximum atomic E-state index is 13.7. The van der Waals surface area contributed by atoms with Crippen molar-refractivity contribution < 1.29 is 9.53 Å². The molecule has 0 saturated carbocycles. The van der Waals surface area contributed by atoms with Crippen LogP contribution in [0.1, 0.15) is 102 Å². The molecule has 3 aromatic rings. The lowest BCUT2D eigenvalue weighted by molar-refractivity contribution is -0.134. The normalized spacial score (nSPS) is 12.1. The molecule has 0 spiro atoms. The molecule has 212 valence electrons. The summed E-state index contributed by atoms with van der Waals surface area (Å²) in [5, 5.41) is 0.570. The summed E-state index contributed by atoms with van der Waals surface area (Å²) in [6, 6.07) is 15.0. The van der Waals surface area contributed by atoms with Crippen LogP contribution in [0, 0.1) is 6.92 Å². The third-order valence-electron chi connectivity index (χ3n) is 7.50. The summed E-state index contributed by atoms with van der Waals surface area (Å²) in [5.74, 6) is 0.694. The highest BCUT2D eigenvalue weighted by molar-refractivity contribution is 5.79. The van der Waals surface area contributed by atoms with Crippen molar-refractivity contribution >= 4 is 16.8 Å².